The number of nitrogens with one attached hydrogen (secondary N) is 1. The van der Waals surface area contributed by atoms with Crippen LogP contribution in [0.15, 0.2) is 24.3 Å². The van der Waals surface area contributed by atoms with Crippen LogP contribution >= 0.6 is 0 Å². The first kappa shape index (κ1) is 21.1. The maximum absolute atomic E-state index is 12.4. The lowest BCUT2D eigenvalue weighted by Crippen LogP contribution is -2.46. The molecule has 0 bridgehead atoms. The van der Waals surface area contributed by atoms with Gasteiger partial charge in [-0.25, -0.2) is 0 Å². The van der Waals surface area contributed by atoms with Crippen LogP contribution in [0.5, 0.6) is 5.75 Å². The SMILES string of the molecule is CC(C)C(C)NC(=O)C1CCN(C(=O)Cc2ccc(OC(F)F)cc2)CC1. The van der Waals surface area contributed by atoms with E-state index in [9.17, 15) is 18.4 Å². The average molecular weight is 382 g/mol. The van der Waals surface area contributed by atoms with Crippen molar-refractivity contribution in [2.75, 3.05) is 13.1 Å². The zero-order valence-electron chi connectivity index (χ0n) is 16.1. The molecule has 150 valence electrons. The van der Waals surface area contributed by atoms with Crippen molar-refractivity contribution in [3.8, 4) is 5.75 Å². The molecule has 1 saturated heterocycles. The van der Waals surface area contributed by atoms with Crippen LogP contribution in [0.25, 0.3) is 0 Å². The first-order valence-electron chi connectivity index (χ1n) is 9.38. The number of hydrogen-bond acceptors (Lipinski definition) is 3. The zero-order chi connectivity index (χ0) is 20.0. The molecular weight excluding hydrogens is 354 g/mol. The Morgan fingerprint density at radius 2 is 1.74 bits per heavy atom. The summed E-state index contributed by atoms with van der Waals surface area (Å²) in [6.45, 7) is 4.38. The molecule has 2 amide bonds. The van der Waals surface area contributed by atoms with Gasteiger partial charge in [-0.1, -0.05) is 26.0 Å². The maximum Gasteiger partial charge on any atom is 0.387 e. The smallest absolute Gasteiger partial charge is 0.387 e. The highest BCUT2D eigenvalue weighted by atomic mass is 19.3. The summed E-state index contributed by atoms with van der Waals surface area (Å²) >= 11 is 0. The Bertz CT molecular complexity index is 627. The van der Waals surface area contributed by atoms with Crippen molar-refractivity contribution in [1.29, 1.82) is 0 Å². The second-order valence-corrected chi connectivity index (χ2v) is 7.40. The summed E-state index contributed by atoms with van der Waals surface area (Å²) in [5, 5.41) is 3.04. The van der Waals surface area contributed by atoms with E-state index in [0.29, 0.717) is 31.8 Å². The normalized spacial score (nSPS) is 16.5. The highest BCUT2D eigenvalue weighted by Gasteiger charge is 2.28. The van der Waals surface area contributed by atoms with Gasteiger partial charge in [-0.15, -0.1) is 0 Å². The Hall–Kier alpha value is -2.18. The molecule has 0 saturated carbocycles. The topological polar surface area (TPSA) is 58.6 Å². The van der Waals surface area contributed by atoms with Crippen LogP contribution < -0.4 is 10.1 Å². The second-order valence-electron chi connectivity index (χ2n) is 7.40. The number of hydrogen-bond donors (Lipinski definition) is 1. The molecule has 1 heterocycles. The third-order valence-electron chi connectivity index (χ3n) is 5.09. The second kappa shape index (κ2) is 9.67. The first-order chi connectivity index (χ1) is 12.8. The highest BCUT2D eigenvalue weighted by molar-refractivity contribution is 5.81. The molecule has 0 radical (unpaired) electrons. The summed E-state index contributed by atoms with van der Waals surface area (Å²) < 4.78 is 28.6. The Balaban J connectivity index is 1.80. The molecule has 0 aromatic heterocycles. The van der Waals surface area contributed by atoms with E-state index in [2.05, 4.69) is 23.9 Å². The van der Waals surface area contributed by atoms with Gasteiger partial charge in [0.1, 0.15) is 5.75 Å². The van der Waals surface area contributed by atoms with Crippen LogP contribution in [-0.4, -0.2) is 42.5 Å². The van der Waals surface area contributed by atoms with Crippen molar-refractivity contribution in [3.05, 3.63) is 29.8 Å². The molecule has 1 atom stereocenters. The molecule has 1 aromatic carbocycles. The molecule has 1 N–H and O–H groups in total. The van der Waals surface area contributed by atoms with Crippen molar-refractivity contribution in [2.45, 2.75) is 52.7 Å². The number of rotatable bonds is 7. The van der Waals surface area contributed by atoms with Crippen molar-refractivity contribution >= 4 is 11.8 Å². The van der Waals surface area contributed by atoms with Gasteiger partial charge in [-0.05, 0) is 43.4 Å². The summed E-state index contributed by atoms with van der Waals surface area (Å²) in [5.74, 6) is 0.447. The number of ether oxygens (including phenoxy) is 1. The summed E-state index contributed by atoms with van der Waals surface area (Å²) in [6, 6.07) is 6.23. The van der Waals surface area contributed by atoms with E-state index in [1.807, 2.05) is 6.92 Å². The van der Waals surface area contributed by atoms with E-state index >= 15 is 0 Å². The fourth-order valence-electron chi connectivity index (χ4n) is 2.98. The lowest BCUT2D eigenvalue weighted by Gasteiger charge is -2.32. The molecule has 1 fully saturated rings. The van der Waals surface area contributed by atoms with Gasteiger partial charge in [0.25, 0.3) is 0 Å². The Labute approximate surface area is 159 Å². The van der Waals surface area contributed by atoms with Crippen LogP contribution in [0.4, 0.5) is 8.78 Å². The number of carbonyl (C=O) groups excluding carboxylic acids is 2. The van der Waals surface area contributed by atoms with E-state index < -0.39 is 6.61 Å². The Morgan fingerprint density at radius 3 is 2.26 bits per heavy atom. The van der Waals surface area contributed by atoms with E-state index in [4.69, 9.17) is 0 Å². The van der Waals surface area contributed by atoms with Crippen LogP contribution in [0.2, 0.25) is 0 Å². The minimum absolute atomic E-state index is 0.0214. The number of amides is 2. The molecule has 1 aliphatic heterocycles. The average Bonchev–Trinajstić information content (AvgIpc) is 2.62. The van der Waals surface area contributed by atoms with Gasteiger partial charge in [-0.2, -0.15) is 8.78 Å². The van der Waals surface area contributed by atoms with Crippen molar-refractivity contribution in [2.24, 2.45) is 11.8 Å². The van der Waals surface area contributed by atoms with Crippen molar-refractivity contribution < 1.29 is 23.1 Å². The zero-order valence-corrected chi connectivity index (χ0v) is 16.1. The number of nitrogens with zero attached hydrogens (tertiary/aromatic N) is 1. The Morgan fingerprint density at radius 1 is 1.15 bits per heavy atom. The quantitative estimate of drug-likeness (QED) is 0.788. The number of halogens is 2. The summed E-state index contributed by atoms with van der Waals surface area (Å²) in [4.78, 5) is 26.5. The van der Waals surface area contributed by atoms with Gasteiger partial charge in [0.2, 0.25) is 11.8 Å². The molecule has 2 rings (SSSR count). The molecule has 1 aliphatic rings. The number of piperidine rings is 1. The molecule has 5 nitrogen and oxygen atoms in total. The number of likely N-dealkylation sites (tertiary alicyclic amines) is 1. The minimum atomic E-state index is -2.86. The van der Waals surface area contributed by atoms with Gasteiger partial charge in [-0.3, -0.25) is 9.59 Å². The molecule has 0 spiro atoms. The number of benzene rings is 1. The Kier molecular flexibility index (Phi) is 7.56. The number of alkyl halides is 2. The molecule has 0 aliphatic carbocycles. The van der Waals surface area contributed by atoms with Gasteiger partial charge in [0.05, 0.1) is 6.42 Å². The fourth-order valence-corrected chi connectivity index (χ4v) is 2.98. The highest BCUT2D eigenvalue weighted by Crippen LogP contribution is 2.20. The van der Waals surface area contributed by atoms with Crippen molar-refractivity contribution in [3.63, 3.8) is 0 Å². The minimum Gasteiger partial charge on any atom is -0.435 e. The van der Waals surface area contributed by atoms with E-state index in [1.165, 1.54) is 12.1 Å². The van der Waals surface area contributed by atoms with Crippen molar-refractivity contribution in [1.82, 2.24) is 10.2 Å². The van der Waals surface area contributed by atoms with Crippen LogP contribution in [0.3, 0.4) is 0 Å². The lowest BCUT2D eigenvalue weighted by atomic mass is 9.94. The van der Waals surface area contributed by atoms with Crippen LogP contribution in [0.1, 0.15) is 39.2 Å². The summed E-state index contributed by atoms with van der Waals surface area (Å²) in [5.41, 5.74) is 0.743. The summed E-state index contributed by atoms with van der Waals surface area (Å²) in [6.07, 6.45) is 1.52. The van der Waals surface area contributed by atoms with E-state index in [0.717, 1.165) is 5.56 Å². The van der Waals surface area contributed by atoms with Gasteiger partial charge in [0, 0.05) is 25.0 Å². The number of carbonyl (C=O) groups is 2. The molecule has 27 heavy (non-hydrogen) atoms. The molecule has 1 aromatic rings. The van der Waals surface area contributed by atoms with Crippen LogP contribution in [-0.2, 0) is 16.0 Å². The van der Waals surface area contributed by atoms with Crippen LogP contribution in [0, 0.1) is 11.8 Å². The third-order valence-corrected chi connectivity index (χ3v) is 5.09. The predicted molar refractivity (Wildman–Crippen MR) is 98.5 cm³/mol. The predicted octanol–water partition coefficient (Wildman–Crippen LogP) is 3.23. The lowest BCUT2D eigenvalue weighted by molar-refractivity contribution is -0.135. The first-order valence-corrected chi connectivity index (χ1v) is 9.38. The summed E-state index contributed by atoms with van der Waals surface area (Å²) in [7, 11) is 0. The third kappa shape index (κ3) is 6.48. The molecular formula is C20H28F2N2O3. The maximum atomic E-state index is 12.4. The molecule has 7 heteroatoms. The van der Waals surface area contributed by atoms with Gasteiger partial charge < -0.3 is 15.0 Å². The van der Waals surface area contributed by atoms with E-state index in [1.54, 1.807) is 17.0 Å². The largest absolute Gasteiger partial charge is 0.435 e. The van der Waals surface area contributed by atoms with Gasteiger partial charge >= 0.3 is 6.61 Å². The monoisotopic (exact) mass is 382 g/mol. The van der Waals surface area contributed by atoms with E-state index in [-0.39, 0.29) is 35.9 Å². The standard InChI is InChI=1S/C20H28F2N2O3/c1-13(2)14(3)23-19(26)16-8-10-24(11-9-16)18(25)12-15-4-6-17(7-5-15)27-20(21)22/h4-7,13-14,16,20H,8-12H2,1-3H3,(H,23,26). The van der Waals surface area contributed by atoms with Gasteiger partial charge in [0.15, 0.2) is 0 Å². The fraction of sp³-hybridized carbons (Fsp3) is 0.600. The molecule has 1 unspecified atom stereocenters.